The number of ether oxygens (including phenoxy) is 1. The Hall–Kier alpha value is -0.170. The van der Waals surface area contributed by atoms with Crippen LogP contribution in [-0.4, -0.2) is 92.0 Å². The fourth-order valence-electron chi connectivity index (χ4n) is 3.71. The maximum absolute atomic E-state index is 12.5. The van der Waals surface area contributed by atoms with E-state index < -0.39 is 15.6 Å². The van der Waals surface area contributed by atoms with Crippen molar-refractivity contribution in [2.75, 3.05) is 51.6 Å². The van der Waals surface area contributed by atoms with E-state index in [1.807, 2.05) is 20.8 Å². The minimum absolute atomic E-state index is 0. The number of sulfonamides is 1. The zero-order valence-corrected chi connectivity index (χ0v) is 21.2. The first-order valence-electron chi connectivity index (χ1n) is 10.6. The zero-order chi connectivity index (χ0) is 20.6. The second-order valence-corrected chi connectivity index (χ2v) is 10.2. The van der Waals surface area contributed by atoms with Crippen molar-refractivity contribution in [2.24, 2.45) is 4.99 Å². The second-order valence-electron chi connectivity index (χ2n) is 8.08. The van der Waals surface area contributed by atoms with Gasteiger partial charge in [-0.3, -0.25) is 4.99 Å². The Balaban J connectivity index is 0.00000420. The molecule has 8 nitrogen and oxygen atoms in total. The molecule has 1 heterocycles. The first-order valence-corrected chi connectivity index (χ1v) is 12.2. The second kappa shape index (κ2) is 12.6. The summed E-state index contributed by atoms with van der Waals surface area (Å²) in [5, 5.41) is 14.0. The van der Waals surface area contributed by atoms with Crippen LogP contribution in [0.15, 0.2) is 4.99 Å². The summed E-state index contributed by atoms with van der Waals surface area (Å²) in [6, 6.07) is 0. The zero-order valence-electron chi connectivity index (χ0n) is 18.1. The molecular weight excluding hydrogens is 507 g/mol. The Bertz CT molecular complexity index is 601. The van der Waals surface area contributed by atoms with Gasteiger partial charge in [0.25, 0.3) is 0 Å². The first-order chi connectivity index (χ1) is 13.3. The molecule has 0 radical (unpaired) electrons. The van der Waals surface area contributed by atoms with Gasteiger partial charge in [0.2, 0.25) is 10.0 Å². The number of aliphatic hydroxyl groups is 1. The van der Waals surface area contributed by atoms with Gasteiger partial charge in [-0.25, -0.2) is 8.42 Å². The predicted octanol–water partition coefficient (Wildman–Crippen LogP) is 1.64. The first kappa shape index (κ1) is 26.9. The van der Waals surface area contributed by atoms with Crippen molar-refractivity contribution in [2.45, 2.75) is 64.6 Å². The Labute approximate surface area is 193 Å². The van der Waals surface area contributed by atoms with E-state index in [4.69, 9.17) is 4.74 Å². The van der Waals surface area contributed by atoms with Gasteiger partial charge in [-0.1, -0.05) is 19.3 Å². The van der Waals surface area contributed by atoms with Crippen LogP contribution in [0.25, 0.3) is 0 Å². The standard InChI is InChI=1S/C19H38N4O4S.HI/c1-4-20-18(21-16-19(24)8-6-5-7-9-19)22-10-12-23(13-11-22)28(25,26)15-14-27-17(2)3;/h17,24H,4-16H2,1-3H3,(H,20,21);1H. The molecule has 0 aromatic carbocycles. The number of rotatable bonds is 8. The van der Waals surface area contributed by atoms with Gasteiger partial charge in [0.1, 0.15) is 0 Å². The molecule has 0 spiro atoms. The molecular formula is C19H39IN4O4S. The van der Waals surface area contributed by atoms with Crippen molar-refractivity contribution in [1.29, 1.82) is 0 Å². The number of halogens is 1. The fraction of sp³-hybridized carbons (Fsp3) is 0.947. The largest absolute Gasteiger partial charge is 0.388 e. The van der Waals surface area contributed by atoms with Gasteiger partial charge in [0, 0.05) is 32.7 Å². The summed E-state index contributed by atoms with van der Waals surface area (Å²) >= 11 is 0. The number of aliphatic imine (C=N–C) groups is 1. The molecule has 0 amide bonds. The highest BCUT2D eigenvalue weighted by Crippen LogP contribution is 2.28. The van der Waals surface area contributed by atoms with E-state index in [1.165, 1.54) is 6.42 Å². The summed E-state index contributed by atoms with van der Waals surface area (Å²) in [6.07, 6.45) is 4.94. The van der Waals surface area contributed by atoms with Crippen LogP contribution in [-0.2, 0) is 14.8 Å². The van der Waals surface area contributed by atoms with E-state index in [9.17, 15) is 13.5 Å². The summed E-state index contributed by atoms with van der Waals surface area (Å²) in [6.45, 7) is 9.25. The van der Waals surface area contributed by atoms with Crippen molar-refractivity contribution >= 4 is 40.0 Å². The lowest BCUT2D eigenvalue weighted by molar-refractivity contribution is 0.0129. The molecule has 2 aliphatic rings. The Morgan fingerprint density at radius 3 is 2.34 bits per heavy atom. The molecule has 2 rings (SSSR count). The van der Waals surface area contributed by atoms with Crippen LogP contribution in [0.2, 0.25) is 0 Å². The molecule has 2 N–H and O–H groups in total. The highest BCUT2D eigenvalue weighted by molar-refractivity contribution is 14.0. The maximum Gasteiger partial charge on any atom is 0.216 e. The molecule has 1 saturated carbocycles. The lowest BCUT2D eigenvalue weighted by Gasteiger charge is -2.36. The number of nitrogens with zero attached hydrogens (tertiary/aromatic N) is 3. The van der Waals surface area contributed by atoms with Gasteiger partial charge < -0.3 is 20.1 Å². The van der Waals surface area contributed by atoms with Gasteiger partial charge >= 0.3 is 0 Å². The minimum atomic E-state index is -3.30. The minimum Gasteiger partial charge on any atom is -0.388 e. The van der Waals surface area contributed by atoms with Gasteiger partial charge in [0.05, 0.1) is 30.6 Å². The van der Waals surface area contributed by atoms with E-state index in [0.717, 1.165) is 38.2 Å². The van der Waals surface area contributed by atoms with Crippen molar-refractivity contribution in [3.63, 3.8) is 0 Å². The predicted molar refractivity (Wildman–Crippen MR) is 127 cm³/mol. The van der Waals surface area contributed by atoms with Crippen LogP contribution in [0, 0.1) is 0 Å². The third-order valence-electron chi connectivity index (χ3n) is 5.37. The summed E-state index contributed by atoms with van der Waals surface area (Å²) in [4.78, 5) is 6.77. The molecule has 2 fully saturated rings. The molecule has 0 aromatic heterocycles. The summed E-state index contributed by atoms with van der Waals surface area (Å²) in [5.74, 6) is 0.786. The molecule has 0 atom stereocenters. The normalized spacial score (nSPS) is 21.1. The lowest BCUT2D eigenvalue weighted by Crippen LogP contribution is -2.54. The smallest absolute Gasteiger partial charge is 0.216 e. The third-order valence-corrected chi connectivity index (χ3v) is 7.20. The van der Waals surface area contributed by atoms with E-state index >= 15 is 0 Å². The fourth-order valence-corrected chi connectivity index (χ4v) is 5.00. The average molecular weight is 547 g/mol. The van der Waals surface area contributed by atoms with Crippen LogP contribution in [0.5, 0.6) is 0 Å². The molecule has 29 heavy (non-hydrogen) atoms. The van der Waals surface area contributed by atoms with Gasteiger partial charge in [-0.15, -0.1) is 24.0 Å². The quantitative estimate of drug-likeness (QED) is 0.273. The molecule has 1 saturated heterocycles. The Morgan fingerprint density at radius 2 is 1.79 bits per heavy atom. The highest BCUT2D eigenvalue weighted by Gasteiger charge is 2.31. The number of piperazine rings is 1. The molecule has 1 aliphatic heterocycles. The van der Waals surface area contributed by atoms with E-state index in [1.54, 1.807) is 4.31 Å². The van der Waals surface area contributed by atoms with E-state index in [0.29, 0.717) is 32.7 Å². The van der Waals surface area contributed by atoms with Crippen LogP contribution >= 0.6 is 24.0 Å². The lowest BCUT2D eigenvalue weighted by atomic mass is 9.85. The number of hydrogen-bond donors (Lipinski definition) is 2. The number of nitrogens with one attached hydrogen (secondary N) is 1. The topological polar surface area (TPSA) is 94.5 Å². The Morgan fingerprint density at radius 1 is 1.17 bits per heavy atom. The van der Waals surface area contributed by atoms with Gasteiger partial charge in [-0.05, 0) is 33.6 Å². The van der Waals surface area contributed by atoms with Crippen molar-refractivity contribution < 1.29 is 18.3 Å². The van der Waals surface area contributed by atoms with Crippen LogP contribution in [0.1, 0.15) is 52.9 Å². The molecule has 172 valence electrons. The molecule has 0 bridgehead atoms. The summed E-state index contributed by atoms with van der Waals surface area (Å²) in [5.41, 5.74) is -0.694. The van der Waals surface area contributed by atoms with Gasteiger partial charge in [0.15, 0.2) is 5.96 Å². The van der Waals surface area contributed by atoms with E-state index in [-0.39, 0.29) is 42.4 Å². The summed E-state index contributed by atoms with van der Waals surface area (Å²) < 4.78 is 31.9. The maximum atomic E-state index is 12.5. The van der Waals surface area contributed by atoms with Crippen LogP contribution < -0.4 is 5.32 Å². The number of hydrogen-bond acceptors (Lipinski definition) is 5. The third kappa shape index (κ3) is 8.84. The molecule has 10 heteroatoms. The highest BCUT2D eigenvalue weighted by atomic mass is 127. The SMILES string of the molecule is CCNC(=NCC1(O)CCCCC1)N1CCN(S(=O)(=O)CCOC(C)C)CC1.I. The van der Waals surface area contributed by atoms with E-state index in [2.05, 4.69) is 15.2 Å². The number of guanidine groups is 1. The van der Waals surface area contributed by atoms with Crippen LogP contribution in [0.4, 0.5) is 0 Å². The van der Waals surface area contributed by atoms with Crippen molar-refractivity contribution in [3.8, 4) is 0 Å². The Kier molecular flexibility index (Phi) is 11.7. The van der Waals surface area contributed by atoms with Crippen LogP contribution in [0.3, 0.4) is 0 Å². The van der Waals surface area contributed by atoms with Crippen molar-refractivity contribution in [1.82, 2.24) is 14.5 Å². The molecule has 0 aromatic rings. The van der Waals surface area contributed by atoms with Gasteiger partial charge in [-0.2, -0.15) is 4.31 Å². The molecule has 1 aliphatic carbocycles. The van der Waals surface area contributed by atoms with Crippen molar-refractivity contribution in [3.05, 3.63) is 0 Å². The monoisotopic (exact) mass is 546 g/mol. The molecule has 0 unspecified atom stereocenters. The average Bonchev–Trinajstić information content (AvgIpc) is 2.65. The summed E-state index contributed by atoms with van der Waals surface area (Å²) in [7, 11) is -3.30.